The van der Waals surface area contributed by atoms with Gasteiger partial charge >= 0.3 is 4.83 Å². The van der Waals surface area contributed by atoms with Gasteiger partial charge in [0.1, 0.15) is 0 Å². The smallest absolute Gasteiger partial charge is 0.318 e. The number of aromatic nitrogens is 4. The van der Waals surface area contributed by atoms with Crippen LogP contribution in [-0.4, -0.2) is 37.9 Å². The van der Waals surface area contributed by atoms with E-state index in [1.54, 1.807) is 0 Å². The highest BCUT2D eigenvalue weighted by atomic mass is 79.9. The molecule has 0 aliphatic rings. The summed E-state index contributed by atoms with van der Waals surface area (Å²) >= 11 is 2.06. The fourth-order valence-corrected chi connectivity index (χ4v) is 0.658. The van der Waals surface area contributed by atoms with E-state index in [1.165, 1.54) is 0 Å². The lowest BCUT2D eigenvalue weighted by Gasteiger charge is -2.07. The van der Waals surface area contributed by atoms with Gasteiger partial charge in [-0.2, -0.15) is 14.0 Å². The van der Waals surface area contributed by atoms with Crippen LogP contribution in [0.25, 0.3) is 0 Å². The molecule has 0 aliphatic carbocycles. The third-order valence-electron chi connectivity index (χ3n) is 0.998. The van der Waals surface area contributed by atoms with E-state index >= 15 is 0 Å². The number of hydrogen-bond acceptors (Lipinski definition) is 4. The standard InChI is InChI=1S/C4H4BrF2N5O/c5-4(6,7)1-8-3(13)2-9-11-12-10-2/h1H2,(H,8,13)(H,9,10,11,12). The number of H-pyrrole nitrogens is 1. The molecule has 0 aliphatic heterocycles. The molecule has 1 aromatic rings. The summed E-state index contributed by atoms with van der Waals surface area (Å²) in [4.78, 5) is 7.77. The molecule has 0 saturated heterocycles. The summed E-state index contributed by atoms with van der Waals surface area (Å²) in [5.74, 6) is -1.09. The highest BCUT2D eigenvalue weighted by Gasteiger charge is 2.25. The number of carbonyl (C=O) groups excluding carboxylic acids is 1. The molecule has 1 rings (SSSR count). The van der Waals surface area contributed by atoms with Crippen LogP contribution < -0.4 is 5.32 Å². The molecule has 1 aromatic heterocycles. The van der Waals surface area contributed by atoms with Gasteiger partial charge < -0.3 is 5.32 Å². The normalized spacial score (nSPS) is 11.3. The van der Waals surface area contributed by atoms with Crippen LogP contribution in [-0.2, 0) is 0 Å². The van der Waals surface area contributed by atoms with Crippen molar-refractivity contribution >= 4 is 21.8 Å². The van der Waals surface area contributed by atoms with Gasteiger partial charge in [0, 0.05) is 0 Å². The minimum absolute atomic E-state index is 0.281. The zero-order valence-electron chi connectivity index (χ0n) is 6.09. The van der Waals surface area contributed by atoms with Crippen LogP contribution in [0.3, 0.4) is 0 Å². The fourth-order valence-electron chi connectivity index (χ4n) is 0.518. The molecule has 1 amide bonds. The van der Waals surface area contributed by atoms with Crippen LogP contribution in [0.2, 0.25) is 0 Å². The Morgan fingerprint density at radius 2 is 2.38 bits per heavy atom. The first-order valence-corrected chi connectivity index (χ1v) is 3.87. The lowest BCUT2D eigenvalue weighted by Crippen LogP contribution is -2.33. The Balaban J connectivity index is 2.44. The summed E-state index contributed by atoms with van der Waals surface area (Å²) in [5, 5.41) is 13.6. The van der Waals surface area contributed by atoms with Crippen molar-refractivity contribution in [3.05, 3.63) is 5.82 Å². The molecule has 0 spiro atoms. The lowest BCUT2D eigenvalue weighted by atomic mass is 10.5. The summed E-state index contributed by atoms with van der Waals surface area (Å²) in [6.07, 6.45) is 0. The SMILES string of the molecule is O=C(NCC(F)(F)Br)c1nn[nH]n1. The molecule has 6 nitrogen and oxygen atoms in total. The molecule has 0 unspecified atom stereocenters. The Hall–Kier alpha value is -1.12. The van der Waals surface area contributed by atoms with Crippen LogP contribution in [0.1, 0.15) is 10.6 Å². The molecule has 2 N–H and O–H groups in total. The number of tetrazole rings is 1. The molecule has 72 valence electrons. The van der Waals surface area contributed by atoms with Gasteiger partial charge in [-0.1, -0.05) is 0 Å². The van der Waals surface area contributed by atoms with Crippen molar-refractivity contribution in [1.82, 2.24) is 25.9 Å². The fraction of sp³-hybridized carbons (Fsp3) is 0.500. The largest absolute Gasteiger partial charge is 0.342 e. The maximum absolute atomic E-state index is 12.2. The third kappa shape index (κ3) is 3.40. The number of aromatic amines is 1. The third-order valence-corrected chi connectivity index (χ3v) is 1.28. The van der Waals surface area contributed by atoms with Gasteiger partial charge in [-0.25, -0.2) is 0 Å². The van der Waals surface area contributed by atoms with E-state index in [9.17, 15) is 13.6 Å². The summed E-state index contributed by atoms with van der Waals surface area (Å²) in [6.45, 7) is -0.833. The van der Waals surface area contributed by atoms with Gasteiger partial charge in [-0.15, -0.1) is 10.2 Å². The predicted octanol–water partition coefficient (Wildman–Crippen LogP) is -0.0828. The molecule has 0 radical (unpaired) electrons. The Morgan fingerprint density at radius 3 is 2.85 bits per heavy atom. The number of amides is 1. The molecule has 13 heavy (non-hydrogen) atoms. The van der Waals surface area contributed by atoms with Crippen molar-refractivity contribution in [3.8, 4) is 0 Å². The monoisotopic (exact) mass is 255 g/mol. The molecule has 1 heterocycles. The van der Waals surface area contributed by atoms with Crippen LogP contribution in [0.15, 0.2) is 0 Å². The number of halogens is 3. The number of carbonyl (C=O) groups is 1. The topological polar surface area (TPSA) is 83.6 Å². The Labute approximate surface area is 79.2 Å². The molecule has 9 heteroatoms. The zero-order chi connectivity index (χ0) is 9.90. The summed E-state index contributed by atoms with van der Waals surface area (Å²) < 4.78 is 24.3. The predicted molar refractivity (Wildman–Crippen MR) is 40.4 cm³/mol. The van der Waals surface area contributed by atoms with E-state index in [4.69, 9.17) is 0 Å². The van der Waals surface area contributed by atoms with Gasteiger partial charge in [0.25, 0.3) is 11.7 Å². The van der Waals surface area contributed by atoms with E-state index in [0.717, 1.165) is 0 Å². The average Bonchev–Trinajstić information content (AvgIpc) is 2.50. The average molecular weight is 256 g/mol. The minimum atomic E-state index is -3.13. The highest BCUT2D eigenvalue weighted by Crippen LogP contribution is 2.19. The quantitative estimate of drug-likeness (QED) is 0.740. The maximum Gasteiger partial charge on any atom is 0.318 e. The van der Waals surface area contributed by atoms with E-state index in [2.05, 4.69) is 31.3 Å². The maximum atomic E-state index is 12.2. The van der Waals surface area contributed by atoms with E-state index in [1.807, 2.05) is 10.5 Å². The lowest BCUT2D eigenvalue weighted by molar-refractivity contribution is 0.0827. The van der Waals surface area contributed by atoms with Gasteiger partial charge in [-0.05, 0) is 21.1 Å². The number of nitrogens with zero attached hydrogens (tertiary/aromatic N) is 3. The minimum Gasteiger partial charge on any atom is -0.342 e. The molecule has 0 fully saturated rings. The number of alkyl halides is 3. The van der Waals surface area contributed by atoms with E-state index in [0.29, 0.717) is 0 Å². The molecular weight excluding hydrogens is 252 g/mol. The second-order valence-electron chi connectivity index (χ2n) is 2.03. The molecule has 0 atom stereocenters. The van der Waals surface area contributed by atoms with Crippen molar-refractivity contribution in [2.45, 2.75) is 4.83 Å². The van der Waals surface area contributed by atoms with Crippen molar-refractivity contribution in [1.29, 1.82) is 0 Å². The van der Waals surface area contributed by atoms with Crippen LogP contribution in [0.4, 0.5) is 8.78 Å². The summed E-state index contributed by atoms with van der Waals surface area (Å²) in [5.41, 5.74) is 0. The van der Waals surface area contributed by atoms with Gasteiger partial charge in [0.15, 0.2) is 0 Å². The first kappa shape index (κ1) is 9.96. The first-order valence-electron chi connectivity index (χ1n) is 3.07. The van der Waals surface area contributed by atoms with E-state index < -0.39 is 17.3 Å². The Kier molecular flexibility index (Phi) is 2.86. The van der Waals surface area contributed by atoms with Gasteiger partial charge in [0.2, 0.25) is 0 Å². The first-order chi connectivity index (χ1) is 5.99. The highest BCUT2D eigenvalue weighted by molar-refractivity contribution is 9.10. The number of rotatable bonds is 3. The van der Waals surface area contributed by atoms with Crippen LogP contribution >= 0.6 is 15.9 Å². The van der Waals surface area contributed by atoms with E-state index in [-0.39, 0.29) is 5.82 Å². The Morgan fingerprint density at radius 1 is 1.69 bits per heavy atom. The van der Waals surface area contributed by atoms with Gasteiger partial charge in [-0.3, -0.25) is 4.79 Å². The molecule has 0 aromatic carbocycles. The van der Waals surface area contributed by atoms with Crippen molar-refractivity contribution < 1.29 is 13.6 Å². The molecule has 0 saturated carbocycles. The van der Waals surface area contributed by atoms with Crippen molar-refractivity contribution in [2.75, 3.05) is 6.54 Å². The van der Waals surface area contributed by atoms with Crippen molar-refractivity contribution in [3.63, 3.8) is 0 Å². The molecule has 0 bridgehead atoms. The van der Waals surface area contributed by atoms with Crippen LogP contribution in [0.5, 0.6) is 0 Å². The molecular formula is C4H4BrF2N5O. The van der Waals surface area contributed by atoms with Crippen molar-refractivity contribution in [2.24, 2.45) is 0 Å². The second-order valence-corrected chi connectivity index (χ2v) is 3.19. The second kappa shape index (κ2) is 3.73. The summed E-state index contributed by atoms with van der Waals surface area (Å²) in [6, 6.07) is 0. The van der Waals surface area contributed by atoms with Gasteiger partial charge in [0.05, 0.1) is 6.54 Å². The zero-order valence-corrected chi connectivity index (χ0v) is 7.68. The number of nitrogens with one attached hydrogen (secondary N) is 2. The Bertz CT molecular complexity index is 283. The van der Waals surface area contributed by atoms with Crippen LogP contribution in [0, 0.1) is 0 Å². The number of hydrogen-bond donors (Lipinski definition) is 2. The summed E-state index contributed by atoms with van der Waals surface area (Å²) in [7, 11) is 0.